The van der Waals surface area contributed by atoms with Crippen molar-refractivity contribution in [1.29, 1.82) is 0 Å². The van der Waals surface area contributed by atoms with Crippen molar-refractivity contribution in [2.24, 2.45) is 5.92 Å². The Morgan fingerprint density at radius 3 is 3.00 bits per heavy atom. The summed E-state index contributed by atoms with van der Waals surface area (Å²) in [6.07, 6.45) is 3.28. The number of nitrogens with one attached hydrogen (secondary N) is 1. The second kappa shape index (κ2) is 5.32. The van der Waals surface area contributed by atoms with E-state index in [1.807, 2.05) is 12.1 Å². The van der Waals surface area contributed by atoms with Gasteiger partial charge in [0.05, 0.1) is 5.56 Å². The predicted molar refractivity (Wildman–Crippen MR) is 67.5 cm³/mol. The summed E-state index contributed by atoms with van der Waals surface area (Å²) in [7, 11) is 0. The van der Waals surface area contributed by atoms with Crippen molar-refractivity contribution in [3.8, 4) is 0 Å². The number of aryl methyl sites for hydroxylation is 1. The molecule has 1 aromatic carbocycles. The summed E-state index contributed by atoms with van der Waals surface area (Å²) in [6.45, 7) is 4.14. The van der Waals surface area contributed by atoms with E-state index in [4.69, 9.17) is 5.11 Å². The van der Waals surface area contributed by atoms with Crippen LogP contribution in [0.1, 0.15) is 34.8 Å². The molecule has 0 amide bonds. The van der Waals surface area contributed by atoms with Crippen LogP contribution in [0.3, 0.4) is 0 Å². The fourth-order valence-electron chi connectivity index (χ4n) is 2.49. The maximum Gasteiger partial charge on any atom is 0.335 e. The van der Waals surface area contributed by atoms with E-state index in [1.54, 1.807) is 6.07 Å². The number of carboxylic acid groups (broad SMARTS) is 1. The van der Waals surface area contributed by atoms with Crippen LogP contribution in [0.4, 0.5) is 0 Å². The monoisotopic (exact) mass is 233 g/mol. The van der Waals surface area contributed by atoms with E-state index in [9.17, 15) is 4.79 Å². The topological polar surface area (TPSA) is 49.3 Å². The van der Waals surface area contributed by atoms with E-state index in [0.717, 1.165) is 25.9 Å². The van der Waals surface area contributed by atoms with Gasteiger partial charge in [0.25, 0.3) is 0 Å². The van der Waals surface area contributed by atoms with Crippen LogP contribution in [-0.4, -0.2) is 24.2 Å². The highest BCUT2D eigenvalue weighted by Crippen LogP contribution is 2.26. The SMILES string of the molecule is CCNCC1CCc2ccc(C(=O)O)cc2C1. The van der Waals surface area contributed by atoms with E-state index in [-0.39, 0.29) is 0 Å². The highest BCUT2D eigenvalue weighted by atomic mass is 16.4. The lowest BCUT2D eigenvalue weighted by atomic mass is 9.83. The van der Waals surface area contributed by atoms with Gasteiger partial charge in [0.1, 0.15) is 0 Å². The fourth-order valence-corrected chi connectivity index (χ4v) is 2.49. The Morgan fingerprint density at radius 2 is 2.29 bits per heavy atom. The lowest BCUT2D eigenvalue weighted by molar-refractivity contribution is 0.0696. The summed E-state index contributed by atoms with van der Waals surface area (Å²) >= 11 is 0. The first-order chi connectivity index (χ1) is 8.20. The van der Waals surface area contributed by atoms with Crippen LogP contribution < -0.4 is 5.32 Å². The van der Waals surface area contributed by atoms with Crippen LogP contribution in [0.15, 0.2) is 18.2 Å². The molecule has 1 atom stereocenters. The minimum absolute atomic E-state index is 0.410. The van der Waals surface area contributed by atoms with Gasteiger partial charge in [-0.3, -0.25) is 0 Å². The average Bonchev–Trinajstić information content (AvgIpc) is 2.35. The maximum atomic E-state index is 10.9. The van der Waals surface area contributed by atoms with Crippen molar-refractivity contribution in [1.82, 2.24) is 5.32 Å². The van der Waals surface area contributed by atoms with Crippen LogP contribution in [0.25, 0.3) is 0 Å². The molecule has 0 aliphatic heterocycles. The first kappa shape index (κ1) is 12.1. The van der Waals surface area contributed by atoms with Gasteiger partial charge in [0.2, 0.25) is 0 Å². The third-order valence-corrected chi connectivity index (χ3v) is 3.47. The van der Waals surface area contributed by atoms with E-state index in [1.165, 1.54) is 17.5 Å². The van der Waals surface area contributed by atoms with Crippen LogP contribution in [0.2, 0.25) is 0 Å². The molecule has 2 rings (SSSR count). The highest BCUT2D eigenvalue weighted by molar-refractivity contribution is 5.87. The van der Waals surface area contributed by atoms with Crippen molar-refractivity contribution in [3.63, 3.8) is 0 Å². The molecule has 1 unspecified atom stereocenters. The second-order valence-corrected chi connectivity index (χ2v) is 4.71. The first-order valence-corrected chi connectivity index (χ1v) is 6.26. The number of benzene rings is 1. The molecule has 1 aromatic rings. The van der Waals surface area contributed by atoms with Crippen molar-refractivity contribution in [3.05, 3.63) is 34.9 Å². The van der Waals surface area contributed by atoms with Crippen molar-refractivity contribution < 1.29 is 9.90 Å². The third kappa shape index (κ3) is 2.86. The number of fused-ring (bicyclic) bond motifs is 1. The molecule has 1 aliphatic rings. The maximum absolute atomic E-state index is 10.9. The summed E-state index contributed by atoms with van der Waals surface area (Å²) < 4.78 is 0. The lowest BCUT2D eigenvalue weighted by Gasteiger charge is -2.25. The molecule has 3 heteroatoms. The minimum Gasteiger partial charge on any atom is -0.478 e. The molecule has 0 saturated carbocycles. The highest BCUT2D eigenvalue weighted by Gasteiger charge is 2.19. The third-order valence-electron chi connectivity index (χ3n) is 3.47. The van der Waals surface area contributed by atoms with Gasteiger partial charge >= 0.3 is 5.97 Å². The van der Waals surface area contributed by atoms with Crippen LogP contribution in [-0.2, 0) is 12.8 Å². The van der Waals surface area contributed by atoms with Crippen LogP contribution >= 0.6 is 0 Å². The molecular formula is C14H19NO2. The van der Waals surface area contributed by atoms with E-state index in [2.05, 4.69) is 12.2 Å². The van der Waals surface area contributed by atoms with Gasteiger partial charge in [0, 0.05) is 0 Å². The van der Waals surface area contributed by atoms with Gasteiger partial charge in [-0.25, -0.2) is 4.79 Å². The Morgan fingerprint density at radius 1 is 1.47 bits per heavy atom. The summed E-state index contributed by atoms with van der Waals surface area (Å²) in [6, 6.07) is 5.53. The molecule has 0 heterocycles. The summed E-state index contributed by atoms with van der Waals surface area (Å²) in [5, 5.41) is 12.4. The summed E-state index contributed by atoms with van der Waals surface area (Å²) in [5.74, 6) is -0.187. The fraction of sp³-hybridized carbons (Fsp3) is 0.500. The Labute approximate surface area is 102 Å². The number of rotatable bonds is 4. The van der Waals surface area contributed by atoms with Gasteiger partial charge in [-0.2, -0.15) is 0 Å². The van der Waals surface area contributed by atoms with Gasteiger partial charge < -0.3 is 10.4 Å². The average molecular weight is 233 g/mol. The summed E-state index contributed by atoms with van der Waals surface area (Å²) in [4.78, 5) is 10.9. The van der Waals surface area contributed by atoms with Crippen LogP contribution in [0.5, 0.6) is 0 Å². The molecule has 0 fully saturated rings. The zero-order valence-electron chi connectivity index (χ0n) is 10.2. The number of aromatic carboxylic acids is 1. The number of hydrogen-bond donors (Lipinski definition) is 2. The van der Waals surface area contributed by atoms with Gasteiger partial charge in [-0.15, -0.1) is 0 Å². The van der Waals surface area contributed by atoms with E-state index >= 15 is 0 Å². The molecule has 17 heavy (non-hydrogen) atoms. The normalized spacial score (nSPS) is 18.8. The molecule has 0 saturated heterocycles. The molecule has 0 aromatic heterocycles. The molecule has 0 radical (unpaired) electrons. The van der Waals surface area contributed by atoms with E-state index in [0.29, 0.717) is 11.5 Å². The molecule has 1 aliphatic carbocycles. The Kier molecular flexibility index (Phi) is 3.79. The quantitative estimate of drug-likeness (QED) is 0.837. The number of hydrogen-bond acceptors (Lipinski definition) is 2. The lowest BCUT2D eigenvalue weighted by Crippen LogP contribution is -2.27. The largest absolute Gasteiger partial charge is 0.478 e. The number of carboxylic acids is 1. The van der Waals surface area contributed by atoms with Crippen LogP contribution in [0, 0.1) is 5.92 Å². The van der Waals surface area contributed by atoms with Crippen molar-refractivity contribution in [2.75, 3.05) is 13.1 Å². The van der Waals surface area contributed by atoms with Gasteiger partial charge in [-0.1, -0.05) is 13.0 Å². The van der Waals surface area contributed by atoms with Crippen molar-refractivity contribution in [2.45, 2.75) is 26.2 Å². The molecule has 92 valence electrons. The predicted octanol–water partition coefficient (Wildman–Crippen LogP) is 2.10. The smallest absolute Gasteiger partial charge is 0.335 e. The standard InChI is InChI=1S/C14H19NO2/c1-2-15-9-10-3-4-11-5-6-12(14(16)17)8-13(11)7-10/h5-6,8,10,15H,2-4,7,9H2,1H3,(H,16,17). The Bertz CT molecular complexity index is 415. The Balaban J connectivity index is 2.12. The minimum atomic E-state index is -0.832. The summed E-state index contributed by atoms with van der Waals surface area (Å²) in [5.41, 5.74) is 2.95. The van der Waals surface area contributed by atoms with Gasteiger partial charge in [-0.05, 0) is 61.5 Å². The Hall–Kier alpha value is -1.35. The second-order valence-electron chi connectivity index (χ2n) is 4.71. The zero-order valence-corrected chi connectivity index (χ0v) is 10.2. The van der Waals surface area contributed by atoms with Gasteiger partial charge in [0.15, 0.2) is 0 Å². The number of carbonyl (C=O) groups is 1. The molecule has 2 N–H and O–H groups in total. The zero-order chi connectivity index (χ0) is 12.3. The molecule has 3 nitrogen and oxygen atoms in total. The molecular weight excluding hydrogens is 214 g/mol. The van der Waals surface area contributed by atoms with Crippen molar-refractivity contribution >= 4 is 5.97 Å². The van der Waals surface area contributed by atoms with E-state index < -0.39 is 5.97 Å². The molecule has 0 bridgehead atoms. The first-order valence-electron chi connectivity index (χ1n) is 6.26. The molecule has 0 spiro atoms.